The summed E-state index contributed by atoms with van der Waals surface area (Å²) < 4.78 is 13.0. The smallest absolute Gasteiger partial charge is 0.173 e. The Bertz CT molecular complexity index is 607. The van der Waals surface area contributed by atoms with Crippen LogP contribution in [-0.4, -0.2) is 11.5 Å². The Balaban J connectivity index is 2.03. The predicted molar refractivity (Wildman–Crippen MR) is 77.4 cm³/mol. The summed E-state index contributed by atoms with van der Waals surface area (Å²) in [5.74, 6) is 0.118. The third-order valence-electron chi connectivity index (χ3n) is 2.99. The summed E-state index contributed by atoms with van der Waals surface area (Å²) in [6, 6.07) is 12.0. The van der Waals surface area contributed by atoms with Gasteiger partial charge in [0, 0.05) is 10.5 Å². The van der Waals surface area contributed by atoms with Crippen molar-refractivity contribution in [1.29, 1.82) is 0 Å². The van der Waals surface area contributed by atoms with Gasteiger partial charge < -0.3 is 0 Å². The van der Waals surface area contributed by atoms with Gasteiger partial charge in [-0.1, -0.05) is 18.2 Å². The number of hydrogen-bond donors (Lipinski definition) is 0. The summed E-state index contributed by atoms with van der Waals surface area (Å²) in [6.45, 7) is 4.01. The number of ketones is 1. The molecule has 2 aromatic rings. The molecule has 0 aliphatic heterocycles. The molecule has 19 heavy (non-hydrogen) atoms. The van der Waals surface area contributed by atoms with E-state index < -0.39 is 0 Å². The fourth-order valence-corrected chi connectivity index (χ4v) is 2.54. The van der Waals surface area contributed by atoms with Crippen molar-refractivity contribution in [2.45, 2.75) is 18.7 Å². The second-order valence-electron chi connectivity index (χ2n) is 4.47. The summed E-state index contributed by atoms with van der Waals surface area (Å²) in [5, 5.41) is 0. The van der Waals surface area contributed by atoms with Crippen molar-refractivity contribution < 1.29 is 9.18 Å². The molecule has 0 aromatic heterocycles. The third-order valence-corrected chi connectivity index (χ3v) is 3.99. The van der Waals surface area contributed by atoms with E-state index in [-0.39, 0.29) is 11.6 Å². The second kappa shape index (κ2) is 6.02. The van der Waals surface area contributed by atoms with Gasteiger partial charge in [-0.15, -0.1) is 11.8 Å². The quantitative estimate of drug-likeness (QED) is 0.606. The lowest BCUT2D eigenvalue weighted by atomic mass is 10.0. The standard InChI is InChI=1S/C16H15FOS/c1-11-6-7-13(8-12(11)2)16(18)10-19-15-5-3-4-14(17)9-15/h3-9H,10H2,1-2H3. The maximum Gasteiger partial charge on any atom is 0.173 e. The lowest BCUT2D eigenvalue weighted by Crippen LogP contribution is -2.03. The maximum absolute atomic E-state index is 13.0. The lowest BCUT2D eigenvalue weighted by Gasteiger charge is -2.05. The van der Waals surface area contributed by atoms with E-state index >= 15 is 0 Å². The minimum atomic E-state index is -0.274. The van der Waals surface area contributed by atoms with Crippen LogP contribution < -0.4 is 0 Å². The first-order valence-electron chi connectivity index (χ1n) is 6.05. The number of thioether (sulfide) groups is 1. The highest BCUT2D eigenvalue weighted by Crippen LogP contribution is 2.20. The van der Waals surface area contributed by atoms with E-state index in [2.05, 4.69) is 0 Å². The SMILES string of the molecule is Cc1ccc(C(=O)CSc2cccc(F)c2)cc1C. The van der Waals surface area contributed by atoms with E-state index in [4.69, 9.17) is 0 Å². The molecular formula is C16H15FOS. The van der Waals surface area contributed by atoms with E-state index in [0.717, 1.165) is 10.5 Å². The zero-order chi connectivity index (χ0) is 13.8. The molecular weight excluding hydrogens is 259 g/mol. The molecule has 0 unspecified atom stereocenters. The number of halogens is 1. The Morgan fingerprint density at radius 3 is 2.58 bits per heavy atom. The van der Waals surface area contributed by atoms with E-state index in [9.17, 15) is 9.18 Å². The van der Waals surface area contributed by atoms with Gasteiger partial charge in [0.05, 0.1) is 5.75 Å². The van der Waals surface area contributed by atoms with Gasteiger partial charge in [-0.3, -0.25) is 4.79 Å². The third kappa shape index (κ3) is 3.67. The average Bonchev–Trinajstić information content (AvgIpc) is 2.39. The fourth-order valence-electron chi connectivity index (χ4n) is 1.70. The lowest BCUT2D eigenvalue weighted by molar-refractivity contribution is 0.102. The zero-order valence-corrected chi connectivity index (χ0v) is 11.8. The van der Waals surface area contributed by atoms with Gasteiger partial charge in [-0.05, 0) is 49.2 Å². The van der Waals surface area contributed by atoms with E-state index in [1.807, 2.05) is 32.0 Å². The van der Waals surface area contributed by atoms with Gasteiger partial charge in [0.2, 0.25) is 0 Å². The predicted octanol–water partition coefficient (Wildman–Crippen LogP) is 4.42. The van der Waals surface area contributed by atoms with Crippen LogP contribution in [-0.2, 0) is 0 Å². The molecule has 0 heterocycles. The Kier molecular flexibility index (Phi) is 4.38. The van der Waals surface area contributed by atoms with Crippen LogP contribution in [0.2, 0.25) is 0 Å². The zero-order valence-electron chi connectivity index (χ0n) is 10.9. The Labute approximate surface area is 116 Å². The van der Waals surface area contributed by atoms with Crippen LogP contribution >= 0.6 is 11.8 Å². The van der Waals surface area contributed by atoms with Gasteiger partial charge >= 0.3 is 0 Å². The molecule has 0 radical (unpaired) electrons. The molecule has 98 valence electrons. The Hall–Kier alpha value is -1.61. The van der Waals surface area contributed by atoms with Crippen molar-refractivity contribution in [3.63, 3.8) is 0 Å². The molecule has 0 aliphatic rings. The first kappa shape index (κ1) is 13.8. The molecule has 0 bridgehead atoms. The van der Waals surface area contributed by atoms with Crippen LogP contribution in [0, 0.1) is 19.7 Å². The van der Waals surface area contributed by atoms with Gasteiger partial charge in [0.1, 0.15) is 5.82 Å². The van der Waals surface area contributed by atoms with E-state index in [1.54, 1.807) is 12.1 Å². The molecule has 2 rings (SSSR count). The molecule has 0 saturated carbocycles. The van der Waals surface area contributed by atoms with Crippen molar-refractivity contribution in [2.75, 3.05) is 5.75 Å². The Morgan fingerprint density at radius 2 is 1.89 bits per heavy atom. The minimum Gasteiger partial charge on any atom is -0.293 e. The number of carbonyl (C=O) groups is 1. The number of aryl methyl sites for hydroxylation is 2. The van der Waals surface area contributed by atoms with Crippen molar-refractivity contribution in [3.05, 3.63) is 65.0 Å². The summed E-state index contributed by atoms with van der Waals surface area (Å²) in [4.78, 5) is 12.8. The van der Waals surface area contributed by atoms with E-state index in [1.165, 1.54) is 29.5 Å². The van der Waals surface area contributed by atoms with Crippen LogP contribution in [0.5, 0.6) is 0 Å². The van der Waals surface area contributed by atoms with Crippen LogP contribution in [0.15, 0.2) is 47.4 Å². The molecule has 0 spiro atoms. The van der Waals surface area contributed by atoms with Crippen molar-refractivity contribution in [3.8, 4) is 0 Å². The molecule has 0 saturated heterocycles. The molecule has 1 nitrogen and oxygen atoms in total. The average molecular weight is 274 g/mol. The first-order valence-corrected chi connectivity index (χ1v) is 7.03. The highest BCUT2D eigenvalue weighted by molar-refractivity contribution is 8.00. The van der Waals surface area contributed by atoms with Gasteiger partial charge in [-0.25, -0.2) is 4.39 Å². The van der Waals surface area contributed by atoms with Gasteiger partial charge in [0.25, 0.3) is 0 Å². The van der Waals surface area contributed by atoms with E-state index in [0.29, 0.717) is 11.3 Å². The molecule has 3 heteroatoms. The monoisotopic (exact) mass is 274 g/mol. The van der Waals surface area contributed by atoms with Crippen LogP contribution in [0.25, 0.3) is 0 Å². The number of benzene rings is 2. The van der Waals surface area contributed by atoms with Crippen molar-refractivity contribution in [1.82, 2.24) is 0 Å². The molecule has 0 fully saturated rings. The van der Waals surface area contributed by atoms with Gasteiger partial charge in [0.15, 0.2) is 5.78 Å². The summed E-state index contributed by atoms with van der Waals surface area (Å²) in [6.07, 6.45) is 0. The molecule has 0 aliphatic carbocycles. The number of Topliss-reactive ketones (excluding diaryl/α,β-unsaturated/α-hetero) is 1. The number of rotatable bonds is 4. The van der Waals surface area contributed by atoms with Crippen LogP contribution in [0.4, 0.5) is 4.39 Å². The largest absolute Gasteiger partial charge is 0.293 e. The van der Waals surface area contributed by atoms with Crippen LogP contribution in [0.3, 0.4) is 0 Å². The summed E-state index contributed by atoms with van der Waals surface area (Å²) in [7, 11) is 0. The van der Waals surface area contributed by atoms with Crippen molar-refractivity contribution >= 4 is 17.5 Å². The molecule has 0 amide bonds. The summed E-state index contributed by atoms with van der Waals surface area (Å²) in [5.41, 5.74) is 3.00. The van der Waals surface area contributed by atoms with Gasteiger partial charge in [-0.2, -0.15) is 0 Å². The maximum atomic E-state index is 13.0. The number of hydrogen-bond acceptors (Lipinski definition) is 2. The number of carbonyl (C=O) groups excluding carboxylic acids is 1. The fraction of sp³-hybridized carbons (Fsp3) is 0.188. The molecule has 0 N–H and O–H groups in total. The normalized spacial score (nSPS) is 10.5. The van der Waals surface area contributed by atoms with Crippen LogP contribution in [0.1, 0.15) is 21.5 Å². The highest BCUT2D eigenvalue weighted by Gasteiger charge is 2.08. The topological polar surface area (TPSA) is 17.1 Å². The highest BCUT2D eigenvalue weighted by atomic mass is 32.2. The van der Waals surface area contributed by atoms with Crippen molar-refractivity contribution in [2.24, 2.45) is 0 Å². The minimum absolute atomic E-state index is 0.0670. The Morgan fingerprint density at radius 1 is 1.11 bits per heavy atom. The molecule has 0 atom stereocenters. The molecule has 2 aromatic carbocycles. The summed E-state index contributed by atoms with van der Waals surface area (Å²) >= 11 is 1.36. The second-order valence-corrected chi connectivity index (χ2v) is 5.52. The first-order chi connectivity index (χ1) is 9.06.